The lowest BCUT2D eigenvalue weighted by Gasteiger charge is -2.21. The Bertz CT molecular complexity index is 1050. The Morgan fingerprint density at radius 1 is 0.903 bits per heavy atom. The van der Waals surface area contributed by atoms with Crippen molar-refractivity contribution in [2.75, 3.05) is 25.2 Å². The van der Waals surface area contributed by atoms with E-state index in [2.05, 4.69) is 0 Å². The molecule has 3 aromatic rings. The maximum Gasteiger partial charge on any atom is 0.339 e. The lowest BCUT2D eigenvalue weighted by atomic mass is 10.0. The van der Waals surface area contributed by atoms with E-state index in [1.54, 1.807) is 18.1 Å². The number of para-hydroxylation sites is 1. The van der Waals surface area contributed by atoms with Gasteiger partial charge in [0, 0.05) is 12.2 Å². The summed E-state index contributed by atoms with van der Waals surface area (Å²) in [5.41, 5.74) is 2.63. The largest absolute Gasteiger partial charge is 0.497 e. The summed E-state index contributed by atoms with van der Waals surface area (Å²) in [6, 6.07) is 25.9. The minimum atomic E-state index is -0.563. The number of rotatable bonds is 8. The number of methoxy groups -OCH3 is 1. The van der Waals surface area contributed by atoms with E-state index in [0.717, 1.165) is 11.3 Å². The molecule has 3 aromatic carbocycles. The van der Waals surface area contributed by atoms with Crippen molar-refractivity contribution in [3.63, 3.8) is 0 Å². The molecule has 0 saturated heterocycles. The quantitative estimate of drug-likeness (QED) is 0.300. The smallest absolute Gasteiger partial charge is 0.339 e. The van der Waals surface area contributed by atoms with Gasteiger partial charge in [-0.15, -0.1) is 0 Å². The van der Waals surface area contributed by atoms with Crippen molar-refractivity contribution in [3.8, 4) is 5.75 Å². The average Bonchev–Trinajstić information content (AvgIpc) is 2.83. The fraction of sp³-hybridized carbons (Fsp3) is 0.154. The van der Waals surface area contributed by atoms with Crippen molar-refractivity contribution in [1.82, 2.24) is 0 Å². The molecule has 0 radical (unpaired) electrons. The summed E-state index contributed by atoms with van der Waals surface area (Å²) < 4.78 is 10.7. The summed E-state index contributed by atoms with van der Waals surface area (Å²) in [5, 5.41) is 0. The molecule has 0 fully saturated rings. The summed E-state index contributed by atoms with van der Waals surface area (Å²) in [7, 11) is 1.59. The first-order valence-corrected chi connectivity index (χ1v) is 10.1. The van der Waals surface area contributed by atoms with Gasteiger partial charge in [-0.25, -0.2) is 4.79 Å². The molecule has 1 amide bonds. The first-order chi connectivity index (χ1) is 15.1. The van der Waals surface area contributed by atoms with Crippen LogP contribution in [0.1, 0.15) is 18.1 Å². The molecular weight excluding hydrogens is 390 g/mol. The Hall–Kier alpha value is -3.86. The molecule has 0 atom stereocenters. The van der Waals surface area contributed by atoms with Crippen LogP contribution in [0.3, 0.4) is 0 Å². The van der Waals surface area contributed by atoms with E-state index in [0.29, 0.717) is 23.4 Å². The lowest BCUT2D eigenvalue weighted by Crippen LogP contribution is -2.34. The zero-order valence-corrected chi connectivity index (χ0v) is 17.7. The Labute approximate surface area is 182 Å². The van der Waals surface area contributed by atoms with Crippen molar-refractivity contribution >= 4 is 29.2 Å². The molecule has 0 spiro atoms. The summed E-state index contributed by atoms with van der Waals surface area (Å²) in [6.45, 7) is 2.01. The number of anilines is 1. The Kier molecular flexibility index (Phi) is 7.60. The van der Waals surface area contributed by atoms with Gasteiger partial charge in [0.2, 0.25) is 0 Å². The normalized spacial score (nSPS) is 11.0. The highest BCUT2D eigenvalue weighted by atomic mass is 16.5. The van der Waals surface area contributed by atoms with Crippen LogP contribution in [0.15, 0.2) is 84.9 Å². The molecule has 0 N–H and O–H groups in total. The van der Waals surface area contributed by atoms with Gasteiger partial charge in [0.05, 0.1) is 12.7 Å². The standard InChI is InChI=1S/C26H25NO4/c1-3-27(22-14-8-5-9-15-22)25(28)19-31-26(29)24(21-12-6-4-7-13-21)18-20-11-10-16-23(17-20)30-2/h4-18H,3,19H2,1-2H3/b24-18+. The number of amides is 1. The third-order valence-electron chi connectivity index (χ3n) is 4.72. The Balaban J connectivity index is 1.80. The van der Waals surface area contributed by atoms with Crippen LogP contribution >= 0.6 is 0 Å². The third kappa shape index (κ3) is 5.82. The minimum absolute atomic E-state index is 0.282. The van der Waals surface area contributed by atoms with Gasteiger partial charge in [-0.3, -0.25) is 4.79 Å². The fourth-order valence-electron chi connectivity index (χ4n) is 3.17. The molecular formula is C26H25NO4. The molecule has 0 aromatic heterocycles. The second kappa shape index (κ2) is 10.8. The van der Waals surface area contributed by atoms with Gasteiger partial charge in [-0.1, -0.05) is 60.7 Å². The molecule has 5 heteroatoms. The maximum atomic E-state index is 13.0. The van der Waals surface area contributed by atoms with Crippen LogP contribution in [0.25, 0.3) is 11.6 Å². The van der Waals surface area contributed by atoms with Crippen LogP contribution in [0, 0.1) is 0 Å². The summed E-state index contributed by atoms with van der Waals surface area (Å²) in [4.78, 5) is 27.2. The van der Waals surface area contributed by atoms with Crippen molar-refractivity contribution in [3.05, 3.63) is 96.1 Å². The van der Waals surface area contributed by atoms with Crippen LogP contribution in [0.4, 0.5) is 5.69 Å². The average molecular weight is 415 g/mol. The second-order valence-electron chi connectivity index (χ2n) is 6.75. The van der Waals surface area contributed by atoms with Crippen LogP contribution in [-0.2, 0) is 14.3 Å². The van der Waals surface area contributed by atoms with E-state index in [1.165, 1.54) is 0 Å². The van der Waals surface area contributed by atoms with Gasteiger partial charge in [0.15, 0.2) is 6.61 Å². The molecule has 3 rings (SSSR count). The van der Waals surface area contributed by atoms with Gasteiger partial charge in [-0.2, -0.15) is 0 Å². The highest BCUT2D eigenvalue weighted by Crippen LogP contribution is 2.22. The number of hydrogen-bond donors (Lipinski definition) is 0. The van der Waals surface area contributed by atoms with Gasteiger partial charge < -0.3 is 14.4 Å². The molecule has 0 bridgehead atoms. The summed E-state index contributed by atoms with van der Waals surface area (Å²) >= 11 is 0. The lowest BCUT2D eigenvalue weighted by molar-refractivity contribution is -0.142. The van der Waals surface area contributed by atoms with Crippen LogP contribution in [-0.4, -0.2) is 32.1 Å². The first-order valence-electron chi connectivity index (χ1n) is 10.1. The van der Waals surface area contributed by atoms with E-state index < -0.39 is 5.97 Å². The molecule has 0 unspecified atom stereocenters. The SMILES string of the molecule is CCN(C(=O)COC(=O)/C(=C/c1cccc(OC)c1)c1ccccc1)c1ccccc1. The number of ether oxygens (including phenoxy) is 2. The van der Waals surface area contributed by atoms with Gasteiger partial charge >= 0.3 is 5.97 Å². The monoisotopic (exact) mass is 415 g/mol. The van der Waals surface area contributed by atoms with Gasteiger partial charge in [-0.05, 0) is 48.4 Å². The van der Waals surface area contributed by atoms with Gasteiger partial charge in [0.1, 0.15) is 5.75 Å². The molecule has 0 saturated carbocycles. The predicted molar refractivity (Wildman–Crippen MR) is 123 cm³/mol. The molecule has 158 valence electrons. The number of carbonyl (C=O) groups is 2. The number of benzene rings is 3. The first kappa shape index (κ1) is 21.8. The Morgan fingerprint density at radius 2 is 1.58 bits per heavy atom. The minimum Gasteiger partial charge on any atom is -0.497 e. The number of likely N-dealkylation sites (N-methyl/N-ethyl adjacent to an activating group) is 1. The predicted octanol–water partition coefficient (Wildman–Crippen LogP) is 4.83. The Morgan fingerprint density at radius 3 is 2.23 bits per heavy atom. The van der Waals surface area contributed by atoms with E-state index in [9.17, 15) is 9.59 Å². The highest BCUT2D eigenvalue weighted by molar-refractivity contribution is 6.22. The van der Waals surface area contributed by atoms with E-state index in [4.69, 9.17) is 9.47 Å². The number of hydrogen-bond acceptors (Lipinski definition) is 4. The zero-order valence-electron chi connectivity index (χ0n) is 17.7. The number of esters is 1. The third-order valence-corrected chi connectivity index (χ3v) is 4.72. The van der Waals surface area contributed by atoms with Crippen LogP contribution in [0.5, 0.6) is 5.75 Å². The summed E-state index contributed by atoms with van der Waals surface area (Å²) in [6.07, 6.45) is 1.74. The van der Waals surface area contributed by atoms with Gasteiger partial charge in [0.25, 0.3) is 5.91 Å². The maximum absolute atomic E-state index is 13.0. The second-order valence-corrected chi connectivity index (χ2v) is 6.75. The van der Waals surface area contributed by atoms with Crippen molar-refractivity contribution in [2.45, 2.75) is 6.92 Å². The van der Waals surface area contributed by atoms with E-state index in [1.807, 2.05) is 91.9 Å². The van der Waals surface area contributed by atoms with Crippen LogP contribution < -0.4 is 9.64 Å². The van der Waals surface area contributed by atoms with Crippen LogP contribution in [0.2, 0.25) is 0 Å². The number of carbonyl (C=O) groups excluding carboxylic acids is 2. The van der Waals surface area contributed by atoms with Crippen molar-refractivity contribution in [1.29, 1.82) is 0 Å². The zero-order chi connectivity index (χ0) is 22.1. The van der Waals surface area contributed by atoms with Crippen molar-refractivity contribution < 1.29 is 19.1 Å². The van der Waals surface area contributed by atoms with E-state index >= 15 is 0 Å². The number of nitrogens with zero attached hydrogens (tertiary/aromatic N) is 1. The van der Waals surface area contributed by atoms with Crippen molar-refractivity contribution in [2.24, 2.45) is 0 Å². The topological polar surface area (TPSA) is 55.8 Å². The molecule has 0 aliphatic carbocycles. The molecule has 0 aliphatic heterocycles. The molecule has 31 heavy (non-hydrogen) atoms. The fourth-order valence-corrected chi connectivity index (χ4v) is 3.17. The van der Waals surface area contributed by atoms with E-state index in [-0.39, 0.29) is 12.5 Å². The highest BCUT2D eigenvalue weighted by Gasteiger charge is 2.19. The molecule has 5 nitrogen and oxygen atoms in total. The summed E-state index contributed by atoms with van der Waals surface area (Å²) in [5.74, 6) is -0.159. The molecule has 0 heterocycles. The molecule has 0 aliphatic rings.